The van der Waals surface area contributed by atoms with Gasteiger partial charge in [0, 0.05) is 31.4 Å². The molecule has 1 rings (SSSR count). The van der Waals surface area contributed by atoms with Crippen LogP contribution < -0.4 is 5.32 Å². The van der Waals surface area contributed by atoms with Crippen molar-refractivity contribution in [2.24, 2.45) is 5.41 Å². The highest BCUT2D eigenvalue weighted by Crippen LogP contribution is 2.22. The molecule has 1 unspecified atom stereocenters. The Labute approximate surface area is 131 Å². The first-order chi connectivity index (χ1) is 9.88. The van der Waals surface area contributed by atoms with Crippen LogP contribution in [0.4, 0.5) is 0 Å². The molecule has 0 radical (unpaired) electrons. The van der Waals surface area contributed by atoms with Crippen LogP contribution >= 0.6 is 0 Å². The minimum atomic E-state index is 0.310. The number of nitrogens with one attached hydrogen (secondary N) is 1. The SMILES string of the molecule is CCN(Cc1cccc(C)n1)CC(C)(CC)CNC(C)C. The van der Waals surface area contributed by atoms with E-state index >= 15 is 0 Å². The van der Waals surface area contributed by atoms with Gasteiger partial charge >= 0.3 is 0 Å². The minimum absolute atomic E-state index is 0.310. The first-order valence-electron chi connectivity index (χ1n) is 8.27. The van der Waals surface area contributed by atoms with E-state index in [0.717, 1.165) is 31.9 Å². The molecule has 0 amide bonds. The van der Waals surface area contributed by atoms with Crippen LogP contribution in [0.1, 0.15) is 52.4 Å². The normalized spacial score (nSPS) is 14.7. The molecule has 1 heterocycles. The number of pyridine rings is 1. The molecule has 21 heavy (non-hydrogen) atoms. The molecule has 0 aliphatic carbocycles. The zero-order valence-electron chi connectivity index (χ0n) is 14.7. The second kappa shape index (κ2) is 8.50. The molecule has 0 saturated heterocycles. The Balaban J connectivity index is 2.66. The fourth-order valence-corrected chi connectivity index (χ4v) is 2.48. The van der Waals surface area contributed by atoms with Crippen LogP contribution in [0.2, 0.25) is 0 Å². The highest BCUT2D eigenvalue weighted by molar-refractivity contribution is 5.09. The first kappa shape index (κ1) is 18.1. The van der Waals surface area contributed by atoms with Crippen LogP contribution in [0.3, 0.4) is 0 Å². The highest BCUT2D eigenvalue weighted by atomic mass is 15.1. The van der Waals surface area contributed by atoms with E-state index in [0.29, 0.717) is 11.5 Å². The molecule has 0 fully saturated rings. The maximum absolute atomic E-state index is 4.63. The number of rotatable bonds is 9. The summed E-state index contributed by atoms with van der Waals surface area (Å²) in [6.07, 6.45) is 1.18. The molecule has 0 bridgehead atoms. The van der Waals surface area contributed by atoms with E-state index in [1.807, 2.05) is 0 Å². The molecule has 1 N–H and O–H groups in total. The van der Waals surface area contributed by atoms with E-state index in [9.17, 15) is 0 Å². The summed E-state index contributed by atoms with van der Waals surface area (Å²) in [6, 6.07) is 6.84. The van der Waals surface area contributed by atoms with Gasteiger partial charge in [-0.1, -0.05) is 40.7 Å². The monoisotopic (exact) mass is 291 g/mol. The zero-order chi connectivity index (χ0) is 15.9. The van der Waals surface area contributed by atoms with E-state index in [1.54, 1.807) is 0 Å². The Morgan fingerprint density at radius 2 is 2.00 bits per heavy atom. The molecule has 1 aromatic rings. The number of aryl methyl sites for hydroxylation is 1. The summed E-state index contributed by atoms with van der Waals surface area (Å²) in [5.74, 6) is 0. The predicted octanol–water partition coefficient (Wildman–Crippen LogP) is 3.63. The fraction of sp³-hybridized carbons (Fsp3) is 0.722. The molecule has 1 atom stereocenters. The van der Waals surface area contributed by atoms with Gasteiger partial charge in [0.15, 0.2) is 0 Å². The van der Waals surface area contributed by atoms with Crippen molar-refractivity contribution in [2.45, 2.75) is 60.5 Å². The van der Waals surface area contributed by atoms with E-state index in [2.05, 4.69) is 74.9 Å². The third-order valence-corrected chi connectivity index (χ3v) is 4.17. The molecule has 0 saturated carbocycles. The molecular weight excluding hydrogens is 258 g/mol. The van der Waals surface area contributed by atoms with Crippen molar-refractivity contribution >= 4 is 0 Å². The summed E-state index contributed by atoms with van der Waals surface area (Å²) >= 11 is 0. The maximum Gasteiger partial charge on any atom is 0.0547 e. The summed E-state index contributed by atoms with van der Waals surface area (Å²) in [4.78, 5) is 7.14. The zero-order valence-corrected chi connectivity index (χ0v) is 14.7. The summed E-state index contributed by atoms with van der Waals surface area (Å²) in [5.41, 5.74) is 2.58. The third-order valence-electron chi connectivity index (χ3n) is 4.17. The largest absolute Gasteiger partial charge is 0.314 e. The Bertz CT molecular complexity index is 417. The van der Waals surface area contributed by atoms with Crippen molar-refractivity contribution in [3.05, 3.63) is 29.6 Å². The summed E-state index contributed by atoms with van der Waals surface area (Å²) in [5, 5.41) is 3.60. The predicted molar refractivity (Wildman–Crippen MR) is 91.5 cm³/mol. The van der Waals surface area contributed by atoms with Crippen molar-refractivity contribution in [3.63, 3.8) is 0 Å². The minimum Gasteiger partial charge on any atom is -0.314 e. The third kappa shape index (κ3) is 6.58. The van der Waals surface area contributed by atoms with Gasteiger partial charge in [0.25, 0.3) is 0 Å². The van der Waals surface area contributed by atoms with Gasteiger partial charge in [-0.05, 0) is 37.4 Å². The second-order valence-corrected chi connectivity index (χ2v) is 6.77. The summed E-state index contributed by atoms with van der Waals surface area (Å²) in [7, 11) is 0. The van der Waals surface area contributed by atoms with Crippen molar-refractivity contribution in [2.75, 3.05) is 19.6 Å². The van der Waals surface area contributed by atoms with Crippen molar-refractivity contribution in [1.29, 1.82) is 0 Å². The average molecular weight is 291 g/mol. The van der Waals surface area contributed by atoms with E-state index in [4.69, 9.17) is 0 Å². The molecule has 0 aromatic carbocycles. The lowest BCUT2D eigenvalue weighted by Crippen LogP contribution is -2.43. The van der Waals surface area contributed by atoms with Gasteiger partial charge in [-0.2, -0.15) is 0 Å². The number of nitrogens with zero attached hydrogens (tertiary/aromatic N) is 2. The molecule has 3 heteroatoms. The first-order valence-corrected chi connectivity index (χ1v) is 8.27. The molecule has 0 spiro atoms. The van der Waals surface area contributed by atoms with Crippen molar-refractivity contribution in [3.8, 4) is 0 Å². The van der Waals surface area contributed by atoms with Crippen LogP contribution in [0.5, 0.6) is 0 Å². The molecule has 3 nitrogen and oxygen atoms in total. The van der Waals surface area contributed by atoms with Gasteiger partial charge in [0.05, 0.1) is 5.69 Å². The van der Waals surface area contributed by atoms with Crippen molar-refractivity contribution in [1.82, 2.24) is 15.2 Å². The van der Waals surface area contributed by atoms with Gasteiger partial charge in [-0.3, -0.25) is 9.88 Å². The lowest BCUT2D eigenvalue weighted by molar-refractivity contribution is 0.151. The van der Waals surface area contributed by atoms with E-state index in [-0.39, 0.29) is 0 Å². The molecule has 120 valence electrons. The van der Waals surface area contributed by atoms with Gasteiger partial charge in [0.1, 0.15) is 0 Å². The Morgan fingerprint density at radius 3 is 2.52 bits per heavy atom. The molecular formula is C18H33N3. The fourth-order valence-electron chi connectivity index (χ4n) is 2.48. The topological polar surface area (TPSA) is 28.2 Å². The smallest absolute Gasteiger partial charge is 0.0547 e. The number of hydrogen-bond donors (Lipinski definition) is 1. The van der Waals surface area contributed by atoms with Crippen LogP contribution in [-0.4, -0.2) is 35.6 Å². The van der Waals surface area contributed by atoms with E-state index < -0.39 is 0 Å². The highest BCUT2D eigenvalue weighted by Gasteiger charge is 2.25. The van der Waals surface area contributed by atoms with Crippen LogP contribution in [0.15, 0.2) is 18.2 Å². The second-order valence-electron chi connectivity index (χ2n) is 6.77. The van der Waals surface area contributed by atoms with E-state index in [1.165, 1.54) is 12.1 Å². The summed E-state index contributed by atoms with van der Waals surface area (Å²) in [6.45, 7) is 17.6. The standard InChI is InChI=1S/C18H33N3/c1-7-18(6,13-19-15(3)4)14-21(8-2)12-17-11-9-10-16(5)20-17/h9-11,15,19H,7-8,12-14H2,1-6H3. The van der Waals surface area contributed by atoms with Gasteiger partial charge < -0.3 is 5.32 Å². The van der Waals surface area contributed by atoms with Gasteiger partial charge in [-0.15, -0.1) is 0 Å². The average Bonchev–Trinajstić information content (AvgIpc) is 2.44. The lowest BCUT2D eigenvalue weighted by Gasteiger charge is -2.35. The Hall–Kier alpha value is -0.930. The van der Waals surface area contributed by atoms with Crippen LogP contribution in [0.25, 0.3) is 0 Å². The molecule has 1 aromatic heterocycles. The van der Waals surface area contributed by atoms with Crippen molar-refractivity contribution < 1.29 is 0 Å². The quantitative estimate of drug-likeness (QED) is 0.753. The summed E-state index contributed by atoms with van der Waals surface area (Å²) < 4.78 is 0. The van der Waals surface area contributed by atoms with Crippen LogP contribution in [0, 0.1) is 12.3 Å². The molecule has 0 aliphatic rings. The Morgan fingerprint density at radius 1 is 1.29 bits per heavy atom. The number of hydrogen-bond acceptors (Lipinski definition) is 3. The van der Waals surface area contributed by atoms with Gasteiger partial charge in [-0.25, -0.2) is 0 Å². The van der Waals surface area contributed by atoms with Gasteiger partial charge in [0.2, 0.25) is 0 Å². The maximum atomic E-state index is 4.63. The molecule has 0 aliphatic heterocycles. The number of aromatic nitrogens is 1. The Kier molecular flexibility index (Phi) is 7.33. The lowest BCUT2D eigenvalue weighted by atomic mass is 9.86. The van der Waals surface area contributed by atoms with Crippen LogP contribution in [-0.2, 0) is 6.54 Å².